The number of hydrogen-bond donors (Lipinski definition) is 1. The molecule has 7 heteroatoms. The molecule has 1 amide bonds. The average molecular weight is 340 g/mol. The van der Waals surface area contributed by atoms with Crippen molar-refractivity contribution in [2.45, 2.75) is 18.9 Å². The fourth-order valence-electron chi connectivity index (χ4n) is 2.99. The first-order valence-corrected chi connectivity index (χ1v) is 8.09. The topological polar surface area (TPSA) is 71.1 Å². The van der Waals surface area contributed by atoms with Crippen molar-refractivity contribution in [1.29, 1.82) is 0 Å². The average Bonchev–Trinajstić information content (AvgIpc) is 3.23. The molecule has 128 valence electrons. The normalized spacial score (nSPS) is 20.3. The van der Waals surface area contributed by atoms with E-state index in [2.05, 4.69) is 15.0 Å². The van der Waals surface area contributed by atoms with Gasteiger partial charge in [-0.05, 0) is 24.3 Å². The fourth-order valence-corrected chi connectivity index (χ4v) is 2.99. The molecular formula is C18H17FN4O2. The Kier molecular flexibility index (Phi) is 4.15. The number of nitrogens with one attached hydrogen (secondary N) is 1. The molecule has 2 atom stereocenters. The van der Waals surface area contributed by atoms with Crippen LogP contribution in [0, 0.1) is 0 Å². The van der Waals surface area contributed by atoms with Crippen molar-refractivity contribution in [3.8, 4) is 0 Å². The molecule has 3 aromatic rings. The molecule has 1 N–H and O–H groups in total. The second-order valence-electron chi connectivity index (χ2n) is 6.02. The van der Waals surface area contributed by atoms with Crippen LogP contribution in [0.25, 0.3) is 11.0 Å². The van der Waals surface area contributed by atoms with Crippen molar-refractivity contribution in [2.24, 2.45) is 0 Å². The van der Waals surface area contributed by atoms with Gasteiger partial charge in [0.1, 0.15) is 24.7 Å². The van der Waals surface area contributed by atoms with Crippen molar-refractivity contribution >= 4 is 16.9 Å². The number of likely N-dealkylation sites (tertiary alicyclic amines) is 1. The predicted octanol–water partition coefficient (Wildman–Crippen LogP) is 2.34. The van der Waals surface area contributed by atoms with Crippen molar-refractivity contribution < 1.29 is 13.9 Å². The number of nitrogens with zero attached hydrogens (tertiary/aromatic N) is 3. The van der Waals surface area contributed by atoms with Gasteiger partial charge < -0.3 is 14.6 Å². The Morgan fingerprint density at radius 3 is 2.96 bits per heavy atom. The van der Waals surface area contributed by atoms with Gasteiger partial charge in [0.2, 0.25) is 0 Å². The van der Waals surface area contributed by atoms with Gasteiger partial charge in [-0.1, -0.05) is 12.1 Å². The Morgan fingerprint density at radius 1 is 1.28 bits per heavy atom. The first-order valence-electron chi connectivity index (χ1n) is 8.09. The Morgan fingerprint density at radius 2 is 2.16 bits per heavy atom. The lowest BCUT2D eigenvalue weighted by Crippen LogP contribution is -2.30. The molecule has 6 nitrogen and oxygen atoms in total. The van der Waals surface area contributed by atoms with E-state index in [4.69, 9.17) is 4.74 Å². The SMILES string of the molecule is O=C(c1cccnc1)N1CC(F)C(OCc2nc3ccccc3[nH]2)C1. The number of hydrogen-bond acceptors (Lipinski definition) is 4. The third-order valence-corrected chi connectivity index (χ3v) is 4.27. The molecule has 0 bridgehead atoms. The maximum absolute atomic E-state index is 14.3. The maximum atomic E-state index is 14.3. The van der Waals surface area contributed by atoms with E-state index < -0.39 is 12.3 Å². The number of imidazole rings is 1. The summed E-state index contributed by atoms with van der Waals surface area (Å²) < 4.78 is 19.9. The van der Waals surface area contributed by atoms with E-state index >= 15 is 0 Å². The number of halogens is 1. The monoisotopic (exact) mass is 340 g/mol. The quantitative estimate of drug-likeness (QED) is 0.791. The summed E-state index contributed by atoms with van der Waals surface area (Å²) >= 11 is 0. The van der Waals surface area contributed by atoms with E-state index in [1.54, 1.807) is 18.3 Å². The van der Waals surface area contributed by atoms with E-state index in [1.165, 1.54) is 11.1 Å². The zero-order valence-corrected chi connectivity index (χ0v) is 13.4. The van der Waals surface area contributed by atoms with Crippen molar-refractivity contribution in [1.82, 2.24) is 19.9 Å². The Balaban J connectivity index is 1.39. The number of amides is 1. The lowest BCUT2D eigenvalue weighted by molar-refractivity contribution is 0.00887. The van der Waals surface area contributed by atoms with Gasteiger partial charge in [-0.15, -0.1) is 0 Å². The van der Waals surface area contributed by atoms with Gasteiger partial charge in [-0.25, -0.2) is 9.37 Å². The van der Waals surface area contributed by atoms with E-state index in [0.717, 1.165) is 11.0 Å². The second-order valence-corrected chi connectivity index (χ2v) is 6.02. The molecule has 1 fully saturated rings. The van der Waals surface area contributed by atoms with Gasteiger partial charge in [0.25, 0.3) is 5.91 Å². The van der Waals surface area contributed by atoms with Crippen LogP contribution in [-0.2, 0) is 11.3 Å². The highest BCUT2D eigenvalue weighted by Crippen LogP contribution is 2.20. The van der Waals surface area contributed by atoms with Crippen LogP contribution in [0.5, 0.6) is 0 Å². The molecule has 0 aliphatic carbocycles. The number of para-hydroxylation sites is 2. The summed E-state index contributed by atoms with van der Waals surface area (Å²) in [6.07, 6.45) is 1.20. The van der Waals surface area contributed by atoms with Crippen molar-refractivity contribution in [3.05, 3.63) is 60.2 Å². The number of aromatic amines is 1. The molecule has 1 aliphatic rings. The lowest BCUT2D eigenvalue weighted by Gasteiger charge is -2.15. The number of carbonyl (C=O) groups excluding carboxylic acids is 1. The van der Waals surface area contributed by atoms with Gasteiger partial charge in [-0.3, -0.25) is 9.78 Å². The number of benzene rings is 1. The molecule has 1 aliphatic heterocycles. The summed E-state index contributed by atoms with van der Waals surface area (Å²) in [5, 5.41) is 0. The molecule has 0 radical (unpaired) electrons. The number of H-pyrrole nitrogens is 1. The van der Waals surface area contributed by atoms with E-state index in [0.29, 0.717) is 11.4 Å². The van der Waals surface area contributed by atoms with E-state index in [1.807, 2.05) is 24.3 Å². The Labute approximate surface area is 143 Å². The molecule has 3 heterocycles. The minimum absolute atomic E-state index is 0.0263. The molecule has 0 saturated carbocycles. The highest BCUT2D eigenvalue weighted by Gasteiger charge is 2.36. The summed E-state index contributed by atoms with van der Waals surface area (Å²) in [6.45, 7) is 0.419. The largest absolute Gasteiger partial charge is 0.365 e. The van der Waals surface area contributed by atoms with Crippen LogP contribution in [0.2, 0.25) is 0 Å². The number of fused-ring (bicyclic) bond motifs is 1. The molecule has 1 saturated heterocycles. The standard InChI is InChI=1S/C18H17FN4O2/c19-13-9-23(18(24)12-4-3-7-20-8-12)10-16(13)25-11-17-21-14-5-1-2-6-15(14)22-17/h1-8,13,16H,9-11H2,(H,21,22). The minimum Gasteiger partial charge on any atom is -0.365 e. The van der Waals surface area contributed by atoms with Crippen LogP contribution in [0.4, 0.5) is 4.39 Å². The van der Waals surface area contributed by atoms with E-state index in [9.17, 15) is 9.18 Å². The first-order chi connectivity index (χ1) is 12.2. The summed E-state index contributed by atoms with van der Waals surface area (Å²) in [4.78, 5) is 25.3. The van der Waals surface area contributed by atoms with Crippen LogP contribution < -0.4 is 0 Å². The van der Waals surface area contributed by atoms with Gasteiger partial charge in [0.05, 0.1) is 29.7 Å². The van der Waals surface area contributed by atoms with Crippen LogP contribution in [0.1, 0.15) is 16.2 Å². The van der Waals surface area contributed by atoms with Crippen LogP contribution in [-0.4, -0.2) is 51.1 Å². The van der Waals surface area contributed by atoms with Crippen LogP contribution in [0.15, 0.2) is 48.8 Å². The minimum atomic E-state index is -1.22. The Hall–Kier alpha value is -2.80. The number of alkyl halides is 1. The summed E-state index contributed by atoms with van der Waals surface area (Å²) in [7, 11) is 0. The zero-order chi connectivity index (χ0) is 17.2. The van der Waals surface area contributed by atoms with Gasteiger partial charge in [0, 0.05) is 12.4 Å². The second kappa shape index (κ2) is 6.60. The smallest absolute Gasteiger partial charge is 0.255 e. The van der Waals surface area contributed by atoms with Crippen LogP contribution >= 0.6 is 0 Å². The Bertz CT molecular complexity index is 850. The summed E-state index contributed by atoms with van der Waals surface area (Å²) in [5.41, 5.74) is 2.21. The summed E-state index contributed by atoms with van der Waals surface area (Å²) in [5.74, 6) is 0.413. The number of rotatable bonds is 4. The van der Waals surface area contributed by atoms with Crippen LogP contribution in [0.3, 0.4) is 0 Å². The fraction of sp³-hybridized carbons (Fsp3) is 0.278. The highest BCUT2D eigenvalue weighted by atomic mass is 19.1. The molecule has 0 spiro atoms. The number of pyridine rings is 1. The molecule has 25 heavy (non-hydrogen) atoms. The third-order valence-electron chi connectivity index (χ3n) is 4.27. The van der Waals surface area contributed by atoms with Gasteiger partial charge in [-0.2, -0.15) is 0 Å². The molecule has 4 rings (SSSR count). The van der Waals surface area contributed by atoms with Crippen molar-refractivity contribution in [2.75, 3.05) is 13.1 Å². The molecule has 1 aromatic carbocycles. The number of ether oxygens (including phenoxy) is 1. The van der Waals surface area contributed by atoms with Gasteiger partial charge in [0.15, 0.2) is 0 Å². The van der Waals surface area contributed by atoms with Crippen molar-refractivity contribution in [3.63, 3.8) is 0 Å². The van der Waals surface area contributed by atoms with Gasteiger partial charge >= 0.3 is 0 Å². The molecular weight excluding hydrogens is 323 g/mol. The predicted molar refractivity (Wildman–Crippen MR) is 89.7 cm³/mol. The zero-order valence-electron chi connectivity index (χ0n) is 13.4. The number of carbonyl (C=O) groups is 1. The maximum Gasteiger partial charge on any atom is 0.255 e. The lowest BCUT2D eigenvalue weighted by atomic mass is 10.2. The number of aromatic nitrogens is 3. The first kappa shape index (κ1) is 15.7. The highest BCUT2D eigenvalue weighted by molar-refractivity contribution is 5.94. The third kappa shape index (κ3) is 3.23. The molecule has 2 aromatic heterocycles. The molecule has 2 unspecified atom stereocenters. The summed E-state index contributed by atoms with van der Waals surface area (Å²) in [6, 6.07) is 11.0. The van der Waals surface area contributed by atoms with E-state index in [-0.39, 0.29) is 25.6 Å².